The van der Waals surface area contributed by atoms with Crippen molar-refractivity contribution in [2.45, 2.75) is 33.9 Å². The van der Waals surface area contributed by atoms with Crippen LogP contribution in [0, 0.1) is 5.92 Å². The molecule has 0 radical (unpaired) electrons. The normalized spacial score (nSPS) is 10.7. The Hall–Kier alpha value is -2.89. The van der Waals surface area contributed by atoms with Crippen LogP contribution in [0.5, 0.6) is 11.5 Å². The van der Waals surface area contributed by atoms with Crippen molar-refractivity contribution in [1.29, 1.82) is 0 Å². The highest BCUT2D eigenvalue weighted by Crippen LogP contribution is 2.32. The van der Waals surface area contributed by atoms with Gasteiger partial charge in [-0.3, -0.25) is 4.79 Å². The van der Waals surface area contributed by atoms with E-state index in [-0.39, 0.29) is 18.4 Å². The molecular weight excluding hydrogens is 459 g/mol. The van der Waals surface area contributed by atoms with Gasteiger partial charge in [-0.05, 0) is 61.0 Å². The predicted molar refractivity (Wildman–Crippen MR) is 136 cm³/mol. The Morgan fingerprint density at radius 3 is 2.21 bits per heavy atom. The van der Waals surface area contributed by atoms with Crippen molar-refractivity contribution in [1.82, 2.24) is 0 Å². The Morgan fingerprint density at radius 2 is 1.58 bits per heavy atom. The number of hydrogen-bond donors (Lipinski definition) is 2. The predicted octanol–water partition coefficient (Wildman–Crippen LogP) is 7.18. The van der Waals surface area contributed by atoms with Gasteiger partial charge >= 0.3 is 0 Å². The third-order valence-electron chi connectivity index (χ3n) is 4.92. The van der Waals surface area contributed by atoms with Crippen LogP contribution < -0.4 is 20.1 Å². The molecule has 3 aromatic rings. The van der Waals surface area contributed by atoms with Gasteiger partial charge in [0.05, 0.1) is 6.61 Å². The van der Waals surface area contributed by atoms with E-state index in [0.29, 0.717) is 34.7 Å². The molecular formula is C26H28Cl2N2O3. The summed E-state index contributed by atoms with van der Waals surface area (Å²) in [5, 5.41) is 7.40. The fourth-order valence-electron chi connectivity index (χ4n) is 3.03. The van der Waals surface area contributed by atoms with Crippen molar-refractivity contribution < 1.29 is 14.3 Å². The van der Waals surface area contributed by atoms with Crippen molar-refractivity contribution in [2.24, 2.45) is 5.92 Å². The Morgan fingerprint density at radius 1 is 0.909 bits per heavy atom. The summed E-state index contributed by atoms with van der Waals surface area (Å²) in [6.45, 7) is 7.03. The van der Waals surface area contributed by atoms with Gasteiger partial charge in [-0.25, -0.2) is 0 Å². The van der Waals surface area contributed by atoms with Gasteiger partial charge in [-0.15, -0.1) is 0 Å². The minimum Gasteiger partial charge on any atom is -0.490 e. The van der Waals surface area contributed by atoms with Crippen molar-refractivity contribution in [3.05, 3.63) is 81.8 Å². The zero-order chi connectivity index (χ0) is 23.8. The molecule has 3 aromatic carbocycles. The molecule has 0 aromatic heterocycles. The van der Waals surface area contributed by atoms with Crippen LogP contribution in [0.3, 0.4) is 0 Å². The highest BCUT2D eigenvalue weighted by Gasteiger charge is 2.11. The quantitative estimate of drug-likeness (QED) is 0.318. The monoisotopic (exact) mass is 486 g/mol. The molecule has 2 N–H and O–H groups in total. The number of benzene rings is 3. The first-order valence-corrected chi connectivity index (χ1v) is 11.6. The Balaban J connectivity index is 1.63. The van der Waals surface area contributed by atoms with Crippen LogP contribution in [0.15, 0.2) is 60.7 Å². The average Bonchev–Trinajstić information content (AvgIpc) is 2.79. The average molecular weight is 487 g/mol. The molecule has 7 heteroatoms. The summed E-state index contributed by atoms with van der Waals surface area (Å²) in [6, 6.07) is 18.8. The van der Waals surface area contributed by atoms with Gasteiger partial charge in [-0.1, -0.05) is 49.2 Å². The lowest BCUT2D eigenvalue weighted by Crippen LogP contribution is -2.17. The minimum atomic E-state index is -0.0593. The fourth-order valence-corrected chi connectivity index (χ4v) is 3.54. The number of amides is 1. The van der Waals surface area contributed by atoms with Crippen molar-refractivity contribution in [2.75, 3.05) is 17.2 Å². The zero-order valence-corrected chi connectivity index (χ0v) is 20.5. The molecule has 0 atom stereocenters. The van der Waals surface area contributed by atoms with Gasteiger partial charge in [0.1, 0.15) is 6.61 Å². The summed E-state index contributed by atoms with van der Waals surface area (Å²) in [7, 11) is 0. The third kappa shape index (κ3) is 7.04. The molecule has 0 fully saturated rings. The number of rotatable bonds is 10. The number of ether oxygens (including phenoxy) is 2. The standard InChI is InChI=1S/C26H28Cl2N2O3/c1-4-32-25-14-18(8-13-24(25)33-16-21-22(27)6-5-7-23(21)28)15-29-19-9-11-20(12-10-19)30-26(31)17(2)3/h5-14,17,29H,4,15-16H2,1-3H3,(H,30,31). The summed E-state index contributed by atoms with van der Waals surface area (Å²) in [4.78, 5) is 11.8. The SMILES string of the molecule is CCOc1cc(CNc2ccc(NC(=O)C(C)C)cc2)ccc1OCc1c(Cl)cccc1Cl. The van der Waals surface area contributed by atoms with Crippen molar-refractivity contribution in [3.63, 3.8) is 0 Å². The van der Waals surface area contributed by atoms with Crippen LogP contribution in [0.2, 0.25) is 10.0 Å². The summed E-state index contributed by atoms with van der Waals surface area (Å²) >= 11 is 12.5. The van der Waals surface area contributed by atoms with Crippen LogP contribution in [-0.2, 0) is 17.9 Å². The Kier molecular flexibility index (Phi) is 8.87. The van der Waals surface area contributed by atoms with Crippen molar-refractivity contribution >= 4 is 40.5 Å². The first kappa shape index (κ1) is 24.7. The Bertz CT molecular complexity index is 1070. The summed E-state index contributed by atoms with van der Waals surface area (Å²) < 4.78 is 11.8. The lowest BCUT2D eigenvalue weighted by atomic mass is 10.2. The molecule has 0 heterocycles. The highest BCUT2D eigenvalue weighted by atomic mass is 35.5. The van der Waals surface area contributed by atoms with Gasteiger partial charge in [0, 0.05) is 39.4 Å². The van der Waals surface area contributed by atoms with Crippen LogP contribution in [0.4, 0.5) is 11.4 Å². The van der Waals surface area contributed by atoms with Gasteiger partial charge < -0.3 is 20.1 Å². The largest absolute Gasteiger partial charge is 0.490 e. The van der Waals surface area contributed by atoms with Gasteiger partial charge in [0.15, 0.2) is 11.5 Å². The van der Waals surface area contributed by atoms with Crippen LogP contribution in [-0.4, -0.2) is 12.5 Å². The van der Waals surface area contributed by atoms with Crippen LogP contribution in [0.1, 0.15) is 31.9 Å². The van der Waals surface area contributed by atoms with Crippen LogP contribution >= 0.6 is 23.2 Å². The molecule has 0 bridgehead atoms. The molecule has 174 valence electrons. The van der Waals surface area contributed by atoms with Gasteiger partial charge in [0.2, 0.25) is 5.91 Å². The molecule has 0 aliphatic carbocycles. The lowest BCUT2D eigenvalue weighted by Gasteiger charge is -2.15. The molecule has 0 spiro atoms. The second kappa shape index (κ2) is 11.8. The van der Waals surface area contributed by atoms with E-state index in [0.717, 1.165) is 22.5 Å². The van der Waals surface area contributed by atoms with Crippen molar-refractivity contribution in [3.8, 4) is 11.5 Å². The molecule has 0 aliphatic heterocycles. The van der Waals surface area contributed by atoms with E-state index < -0.39 is 0 Å². The lowest BCUT2D eigenvalue weighted by molar-refractivity contribution is -0.118. The van der Waals surface area contributed by atoms with E-state index in [2.05, 4.69) is 10.6 Å². The molecule has 0 aliphatic rings. The molecule has 0 saturated heterocycles. The molecule has 3 rings (SSSR count). The number of carbonyl (C=O) groups is 1. The van der Waals surface area contributed by atoms with E-state index in [1.165, 1.54) is 0 Å². The van der Waals surface area contributed by atoms with E-state index in [4.69, 9.17) is 32.7 Å². The maximum absolute atomic E-state index is 11.8. The Labute approximate surface area is 205 Å². The molecule has 1 amide bonds. The fraction of sp³-hybridized carbons (Fsp3) is 0.269. The number of hydrogen-bond acceptors (Lipinski definition) is 4. The smallest absolute Gasteiger partial charge is 0.226 e. The topological polar surface area (TPSA) is 59.6 Å². The number of halogens is 2. The van der Waals surface area contributed by atoms with E-state index in [1.54, 1.807) is 18.2 Å². The number of anilines is 2. The summed E-state index contributed by atoms with van der Waals surface area (Å²) in [5.41, 5.74) is 3.50. The van der Waals surface area contributed by atoms with E-state index in [1.807, 2.05) is 63.2 Å². The summed E-state index contributed by atoms with van der Waals surface area (Å²) in [5.74, 6) is 1.22. The van der Waals surface area contributed by atoms with Crippen LogP contribution in [0.25, 0.3) is 0 Å². The second-order valence-electron chi connectivity index (χ2n) is 7.78. The maximum Gasteiger partial charge on any atom is 0.226 e. The first-order chi connectivity index (χ1) is 15.9. The molecule has 5 nitrogen and oxygen atoms in total. The van der Waals surface area contributed by atoms with Gasteiger partial charge in [0.25, 0.3) is 0 Å². The first-order valence-electron chi connectivity index (χ1n) is 10.8. The van der Waals surface area contributed by atoms with E-state index in [9.17, 15) is 4.79 Å². The zero-order valence-electron chi connectivity index (χ0n) is 19.0. The third-order valence-corrected chi connectivity index (χ3v) is 5.62. The molecule has 0 unspecified atom stereocenters. The maximum atomic E-state index is 11.8. The van der Waals surface area contributed by atoms with Gasteiger partial charge in [-0.2, -0.15) is 0 Å². The van der Waals surface area contributed by atoms with E-state index >= 15 is 0 Å². The molecule has 0 saturated carbocycles. The minimum absolute atomic E-state index is 0.00159. The number of nitrogens with one attached hydrogen (secondary N) is 2. The summed E-state index contributed by atoms with van der Waals surface area (Å²) in [6.07, 6.45) is 0. The number of carbonyl (C=O) groups excluding carboxylic acids is 1. The molecule has 33 heavy (non-hydrogen) atoms. The second-order valence-corrected chi connectivity index (χ2v) is 8.59. The highest BCUT2D eigenvalue weighted by molar-refractivity contribution is 6.35.